The average molecular weight is 310 g/mol. The van der Waals surface area contributed by atoms with Crippen molar-refractivity contribution in [1.82, 2.24) is 0 Å². The third kappa shape index (κ3) is 5.27. The molecule has 2 heteroatoms. The molecule has 22 heavy (non-hydrogen) atoms. The molecular formula is C20H32LiP. The van der Waals surface area contributed by atoms with Gasteiger partial charge in [-0.05, 0) is 12.1 Å². The van der Waals surface area contributed by atoms with Crippen molar-refractivity contribution in [2.75, 3.05) is 6.66 Å². The van der Waals surface area contributed by atoms with Crippen LogP contribution in [0.15, 0.2) is 12.1 Å². The van der Waals surface area contributed by atoms with Gasteiger partial charge in [0.05, 0.1) is 0 Å². The van der Waals surface area contributed by atoms with Crippen LogP contribution in [0.2, 0.25) is 0 Å². The maximum absolute atomic E-state index is 3.61. The van der Waals surface area contributed by atoms with E-state index in [1.807, 2.05) is 0 Å². The van der Waals surface area contributed by atoms with E-state index >= 15 is 0 Å². The third-order valence-electron chi connectivity index (χ3n) is 3.84. The third-order valence-corrected chi connectivity index (χ3v) is 4.29. The molecule has 0 saturated heterocycles. The van der Waals surface area contributed by atoms with E-state index in [9.17, 15) is 0 Å². The van der Waals surface area contributed by atoms with Gasteiger partial charge in [-0.15, -0.1) is 29.1 Å². The zero-order valence-electron chi connectivity index (χ0n) is 16.6. The van der Waals surface area contributed by atoms with Crippen LogP contribution >= 0.6 is 8.20 Å². The first kappa shape index (κ1) is 22.0. The molecule has 0 bridgehead atoms. The zero-order valence-corrected chi connectivity index (χ0v) is 17.5. The average Bonchev–Trinajstić information content (AvgIpc) is 2.24. The molecule has 0 fully saturated rings. The zero-order chi connectivity index (χ0) is 16.6. The second-order valence-electron chi connectivity index (χ2n) is 9.03. The van der Waals surface area contributed by atoms with Crippen molar-refractivity contribution in [1.29, 1.82) is 0 Å². The van der Waals surface area contributed by atoms with Crippen molar-refractivity contribution in [2.45, 2.75) is 78.6 Å². The summed E-state index contributed by atoms with van der Waals surface area (Å²) in [6, 6.07) is 4.81. The molecule has 0 aliphatic rings. The van der Waals surface area contributed by atoms with E-state index in [1.165, 1.54) is 30.5 Å². The van der Waals surface area contributed by atoms with Gasteiger partial charge in [0, 0.05) is 0 Å². The van der Waals surface area contributed by atoms with Crippen LogP contribution < -0.4 is 18.9 Å². The van der Waals surface area contributed by atoms with Crippen LogP contribution in [0.4, 0.5) is 0 Å². The molecule has 0 atom stereocenters. The molecule has 0 saturated carbocycles. The molecule has 0 heterocycles. The van der Waals surface area contributed by atoms with Crippen LogP contribution in [0.3, 0.4) is 0 Å². The molecule has 0 aliphatic carbocycles. The van der Waals surface area contributed by atoms with E-state index in [0.29, 0.717) is 0 Å². The molecule has 0 spiro atoms. The van der Waals surface area contributed by atoms with Gasteiger partial charge < -0.3 is 0 Å². The Morgan fingerprint density at radius 3 is 1.32 bits per heavy atom. The molecule has 118 valence electrons. The summed E-state index contributed by atoms with van der Waals surface area (Å²) in [6.07, 6.45) is 0. The van der Waals surface area contributed by atoms with Crippen molar-refractivity contribution in [3.05, 3.63) is 34.4 Å². The quantitative estimate of drug-likeness (QED) is 0.424. The minimum atomic E-state index is 0. The first-order chi connectivity index (χ1) is 9.28. The molecule has 0 amide bonds. The maximum atomic E-state index is 3.61. The summed E-state index contributed by atoms with van der Waals surface area (Å²) < 4.78 is 0. The largest absolute Gasteiger partial charge is 1.00 e. The molecule has 0 radical (unpaired) electrons. The Bertz CT molecular complexity index is 499. The van der Waals surface area contributed by atoms with E-state index in [2.05, 4.69) is 86.9 Å². The van der Waals surface area contributed by atoms with Gasteiger partial charge in [-0.1, -0.05) is 78.7 Å². The van der Waals surface area contributed by atoms with Crippen LogP contribution in [0.5, 0.6) is 0 Å². The number of benzene rings is 1. The summed E-state index contributed by atoms with van der Waals surface area (Å²) in [5, 5.41) is 0. The van der Waals surface area contributed by atoms with E-state index in [4.69, 9.17) is 0 Å². The number of rotatable bonds is 1. The first-order valence-corrected chi connectivity index (χ1v) is 9.17. The second-order valence-corrected chi connectivity index (χ2v) is 9.70. The van der Waals surface area contributed by atoms with Gasteiger partial charge in [0.25, 0.3) is 0 Å². The van der Waals surface area contributed by atoms with Gasteiger partial charge in [0.1, 0.15) is 0 Å². The van der Waals surface area contributed by atoms with Crippen molar-refractivity contribution in [3.63, 3.8) is 0 Å². The summed E-state index contributed by atoms with van der Waals surface area (Å²) in [7, 11) is 1.20. The Morgan fingerprint density at radius 2 is 1.09 bits per heavy atom. The van der Waals surface area contributed by atoms with Crippen molar-refractivity contribution < 1.29 is 18.9 Å². The first-order valence-electron chi connectivity index (χ1n) is 7.83. The normalized spacial score (nSPS) is 13.4. The fourth-order valence-corrected chi connectivity index (χ4v) is 2.95. The van der Waals surface area contributed by atoms with Crippen LogP contribution in [0.25, 0.3) is 0 Å². The van der Waals surface area contributed by atoms with E-state index in [0.717, 1.165) is 0 Å². The number of hydrogen-bond acceptors (Lipinski definition) is 0. The summed E-state index contributed by atoms with van der Waals surface area (Å²) >= 11 is 0. The minimum Gasteiger partial charge on any atom is -0.182 e. The smallest absolute Gasteiger partial charge is 0.182 e. The SMILES string of the molecule is CP=[C-]c1c(C(C)(C)C)cc(C(C)(C)C)cc1C(C)(C)C.[Li+]. The van der Waals surface area contributed by atoms with Crippen LogP contribution in [-0.4, -0.2) is 12.5 Å². The maximum Gasteiger partial charge on any atom is 1.00 e. The van der Waals surface area contributed by atoms with Crippen molar-refractivity contribution in [3.8, 4) is 0 Å². The summed E-state index contributed by atoms with van der Waals surface area (Å²) in [5.74, 6) is 3.61. The summed E-state index contributed by atoms with van der Waals surface area (Å²) in [6.45, 7) is 22.9. The molecular weight excluding hydrogens is 278 g/mol. The molecule has 1 aromatic carbocycles. The van der Waals surface area contributed by atoms with Gasteiger partial charge >= 0.3 is 18.9 Å². The van der Waals surface area contributed by atoms with Gasteiger partial charge in [0.15, 0.2) is 0 Å². The standard InChI is InChI=1S/C20H32P.Li/c1-18(2,3)14-11-16(19(4,5)6)15(13-21-10)17(12-14)20(7,8)9;/h11-12H,1-10H3;/q-1;+1. The topological polar surface area (TPSA) is 0 Å². The monoisotopic (exact) mass is 310 g/mol. The predicted molar refractivity (Wildman–Crippen MR) is 99.5 cm³/mol. The fourth-order valence-electron chi connectivity index (χ4n) is 2.49. The Kier molecular flexibility index (Phi) is 7.25. The number of hydrogen-bond donors (Lipinski definition) is 0. The van der Waals surface area contributed by atoms with Gasteiger partial charge in [-0.2, -0.15) is 13.8 Å². The summed E-state index contributed by atoms with van der Waals surface area (Å²) in [4.78, 5) is 0. The Labute approximate surface area is 152 Å². The minimum absolute atomic E-state index is 0. The molecule has 1 aromatic rings. The van der Waals surface area contributed by atoms with Gasteiger partial charge in [-0.25, -0.2) is 0 Å². The van der Waals surface area contributed by atoms with E-state index in [-0.39, 0.29) is 35.1 Å². The molecule has 0 aromatic heterocycles. The van der Waals surface area contributed by atoms with Crippen LogP contribution in [0, 0.1) is 0 Å². The Balaban J connectivity index is 0.00000441. The van der Waals surface area contributed by atoms with Crippen LogP contribution in [-0.2, 0) is 16.2 Å². The van der Waals surface area contributed by atoms with Crippen molar-refractivity contribution >= 4 is 14.0 Å². The molecule has 0 unspecified atom stereocenters. The van der Waals surface area contributed by atoms with Crippen molar-refractivity contribution in [2.24, 2.45) is 0 Å². The molecule has 0 N–H and O–H groups in total. The van der Waals surface area contributed by atoms with E-state index in [1.54, 1.807) is 0 Å². The molecule has 0 aliphatic heterocycles. The Hall–Kier alpha value is -0.0126. The molecule has 1 rings (SSSR count). The molecule has 0 nitrogen and oxygen atoms in total. The van der Waals surface area contributed by atoms with Gasteiger partial charge in [0.2, 0.25) is 0 Å². The van der Waals surface area contributed by atoms with E-state index < -0.39 is 0 Å². The fraction of sp³-hybridized carbons (Fsp3) is 0.650. The van der Waals surface area contributed by atoms with Crippen LogP contribution in [0.1, 0.15) is 84.6 Å². The Morgan fingerprint density at radius 1 is 0.727 bits per heavy atom. The second kappa shape index (κ2) is 7.26. The van der Waals surface area contributed by atoms with Gasteiger partial charge in [-0.3, -0.25) is 0 Å². The summed E-state index contributed by atoms with van der Waals surface area (Å²) in [5.41, 5.74) is 6.04. The predicted octanol–water partition coefficient (Wildman–Crippen LogP) is 3.19.